The zero-order valence-electron chi connectivity index (χ0n) is 18.3. The number of ether oxygens (including phenoxy) is 1. The predicted molar refractivity (Wildman–Crippen MR) is 121 cm³/mol. The van der Waals surface area contributed by atoms with Gasteiger partial charge in [-0.25, -0.2) is 9.78 Å². The van der Waals surface area contributed by atoms with Gasteiger partial charge in [0, 0.05) is 17.7 Å². The van der Waals surface area contributed by atoms with E-state index in [-0.39, 0.29) is 23.7 Å². The van der Waals surface area contributed by atoms with Gasteiger partial charge in [0.15, 0.2) is 5.71 Å². The van der Waals surface area contributed by atoms with Crippen LogP contribution in [-0.2, 0) is 28.8 Å². The molecule has 2 unspecified atom stereocenters. The summed E-state index contributed by atoms with van der Waals surface area (Å²) < 4.78 is 5.13. The number of thioether (sulfide) groups is 1. The second-order valence-electron chi connectivity index (χ2n) is 8.46. The van der Waals surface area contributed by atoms with Gasteiger partial charge in [-0.2, -0.15) is 0 Å². The number of carboxylic acid groups (broad SMARTS) is 1. The Hall–Kier alpha value is -2.93. The Morgan fingerprint density at radius 1 is 1.45 bits per heavy atom. The van der Waals surface area contributed by atoms with E-state index < -0.39 is 52.8 Å². The minimum Gasteiger partial charge on any atom is -0.481 e. The molecule has 178 valence electrons. The van der Waals surface area contributed by atoms with Crippen molar-refractivity contribution in [2.24, 2.45) is 10.6 Å². The number of fused-ring (bicyclic) bond motifs is 1. The van der Waals surface area contributed by atoms with Gasteiger partial charge in [0.25, 0.3) is 5.91 Å². The normalized spacial score (nSPS) is 24.9. The summed E-state index contributed by atoms with van der Waals surface area (Å²) in [6.45, 7) is 8.20. The summed E-state index contributed by atoms with van der Waals surface area (Å²) in [5.74, 6) is -2.60. The Morgan fingerprint density at radius 3 is 2.76 bits per heavy atom. The Kier molecular flexibility index (Phi) is 7.12. The third kappa shape index (κ3) is 5.36. The van der Waals surface area contributed by atoms with Crippen molar-refractivity contribution in [2.75, 3.05) is 18.9 Å². The van der Waals surface area contributed by atoms with Crippen molar-refractivity contribution < 1.29 is 33.9 Å². The number of hydrogen-bond acceptors (Lipinski definition) is 10. The average Bonchev–Trinajstić information content (AvgIpc) is 3.27. The number of β-lactam (4-membered cyclic amide) rings is 1. The van der Waals surface area contributed by atoms with Crippen molar-refractivity contribution in [3.8, 4) is 0 Å². The highest BCUT2D eigenvalue weighted by atomic mass is 32.2. The Morgan fingerprint density at radius 2 is 2.18 bits per heavy atom. The molecule has 0 aliphatic carbocycles. The maximum atomic E-state index is 12.9. The fourth-order valence-corrected chi connectivity index (χ4v) is 5.27. The molecule has 2 saturated heterocycles. The van der Waals surface area contributed by atoms with E-state index in [2.05, 4.69) is 22.0 Å². The average molecular weight is 497 g/mol. The van der Waals surface area contributed by atoms with Crippen LogP contribution in [0.2, 0.25) is 0 Å². The molecular formula is C20H24N4O7S2. The number of amides is 2. The highest BCUT2D eigenvalue weighted by molar-refractivity contribution is 8.00. The van der Waals surface area contributed by atoms with Crippen LogP contribution in [-0.4, -0.2) is 80.4 Å². The maximum Gasteiger partial charge on any atom is 0.347 e. The summed E-state index contributed by atoms with van der Waals surface area (Å²) in [7, 11) is 0. The molecule has 11 nitrogen and oxygen atoms in total. The first-order valence-corrected chi connectivity index (χ1v) is 11.9. The number of nitrogens with zero attached hydrogens (tertiary/aromatic N) is 3. The second-order valence-corrected chi connectivity index (χ2v) is 10.3. The first kappa shape index (κ1) is 24.7. The number of esters is 1. The molecule has 0 saturated carbocycles. The lowest BCUT2D eigenvalue weighted by Crippen LogP contribution is -2.73. The maximum absolute atomic E-state index is 12.9. The van der Waals surface area contributed by atoms with Crippen molar-refractivity contribution in [1.82, 2.24) is 15.2 Å². The second kappa shape index (κ2) is 9.51. The molecule has 3 rings (SSSR count). The number of carbonyl (C=O) groups excluding carboxylic acids is 3. The molecule has 0 spiro atoms. The van der Waals surface area contributed by atoms with Gasteiger partial charge in [0.05, 0.1) is 5.51 Å². The van der Waals surface area contributed by atoms with Crippen molar-refractivity contribution >= 4 is 52.6 Å². The van der Waals surface area contributed by atoms with E-state index in [0.29, 0.717) is 0 Å². The van der Waals surface area contributed by atoms with Crippen LogP contribution in [0.1, 0.15) is 26.5 Å². The lowest BCUT2D eigenvalue weighted by Gasteiger charge is -2.53. The zero-order chi connectivity index (χ0) is 24.4. The number of aromatic nitrogens is 1. The van der Waals surface area contributed by atoms with Gasteiger partial charge < -0.3 is 24.9 Å². The van der Waals surface area contributed by atoms with Gasteiger partial charge in [0.2, 0.25) is 12.5 Å². The van der Waals surface area contributed by atoms with E-state index >= 15 is 0 Å². The third-order valence-corrected chi connectivity index (χ3v) is 6.99. The Labute approximate surface area is 198 Å². The Balaban J connectivity index is 1.66. The molecule has 33 heavy (non-hydrogen) atoms. The fraction of sp³-hybridized carbons (Fsp3) is 0.500. The van der Waals surface area contributed by atoms with Gasteiger partial charge >= 0.3 is 11.9 Å². The highest BCUT2D eigenvalue weighted by Gasteiger charge is 2.56. The first-order valence-electron chi connectivity index (χ1n) is 9.88. The number of carbonyl (C=O) groups is 4. The van der Waals surface area contributed by atoms with Gasteiger partial charge in [-0.05, 0) is 20.8 Å². The van der Waals surface area contributed by atoms with Crippen LogP contribution >= 0.6 is 23.1 Å². The minimum atomic E-state index is -1.23. The number of nitrogens with one attached hydrogen (secondary N) is 1. The standard InChI is InChI=1S/C20H24N4O7S2/c1-5-20(18(28)29)8-24-16(27)14(17(24)33-9-20)22-15(26)13(11-7-32-10-21-11)23-30-6-12(25)31-19(2,3)4/h5,7,10,14,17H,1,6,8-9H2,2-4H3,(H,22,26)(H,28,29)/t14?,17-,20?/m1/s1. The van der Waals surface area contributed by atoms with E-state index in [0.717, 1.165) is 0 Å². The smallest absolute Gasteiger partial charge is 0.347 e. The number of aliphatic carboxylic acids is 1. The summed E-state index contributed by atoms with van der Waals surface area (Å²) in [6.07, 6.45) is 1.34. The van der Waals surface area contributed by atoms with E-state index in [1.165, 1.54) is 39.6 Å². The van der Waals surface area contributed by atoms with Gasteiger partial charge in [-0.3, -0.25) is 14.4 Å². The van der Waals surface area contributed by atoms with Gasteiger partial charge in [-0.1, -0.05) is 11.2 Å². The van der Waals surface area contributed by atoms with Crippen molar-refractivity contribution in [2.45, 2.75) is 37.8 Å². The topological polar surface area (TPSA) is 147 Å². The summed E-state index contributed by atoms with van der Waals surface area (Å²) in [5.41, 5.74) is -0.401. The molecule has 2 fully saturated rings. The number of hydrogen-bond donors (Lipinski definition) is 2. The van der Waals surface area contributed by atoms with Gasteiger partial charge in [-0.15, -0.1) is 29.7 Å². The predicted octanol–water partition coefficient (Wildman–Crippen LogP) is 0.862. The molecule has 13 heteroatoms. The number of thiazole rings is 1. The zero-order valence-corrected chi connectivity index (χ0v) is 19.9. The monoisotopic (exact) mass is 496 g/mol. The van der Waals surface area contributed by atoms with Crippen LogP contribution in [0.3, 0.4) is 0 Å². The van der Waals surface area contributed by atoms with Crippen LogP contribution in [0.15, 0.2) is 28.7 Å². The summed E-state index contributed by atoms with van der Waals surface area (Å²) in [6, 6.07) is -0.853. The van der Waals surface area contributed by atoms with Gasteiger partial charge in [0.1, 0.15) is 28.1 Å². The van der Waals surface area contributed by atoms with E-state index in [9.17, 15) is 24.3 Å². The molecule has 2 amide bonds. The first-order chi connectivity index (χ1) is 15.5. The summed E-state index contributed by atoms with van der Waals surface area (Å²) in [5, 5.41) is 17.1. The molecule has 0 aromatic carbocycles. The fourth-order valence-electron chi connectivity index (χ4n) is 3.20. The van der Waals surface area contributed by atoms with E-state index in [1.54, 1.807) is 26.2 Å². The summed E-state index contributed by atoms with van der Waals surface area (Å²) in [4.78, 5) is 59.5. The highest BCUT2D eigenvalue weighted by Crippen LogP contribution is 2.42. The largest absolute Gasteiger partial charge is 0.481 e. The van der Waals surface area contributed by atoms with Crippen LogP contribution in [0.5, 0.6) is 0 Å². The van der Waals surface area contributed by atoms with Crippen molar-refractivity contribution in [3.63, 3.8) is 0 Å². The quantitative estimate of drug-likeness (QED) is 0.176. The summed E-state index contributed by atoms with van der Waals surface area (Å²) >= 11 is 2.49. The van der Waals surface area contributed by atoms with E-state index in [1.807, 2.05) is 0 Å². The molecule has 1 aromatic rings. The third-order valence-electron chi connectivity index (χ3n) is 4.86. The number of carboxylic acids is 1. The van der Waals surface area contributed by atoms with Crippen molar-refractivity contribution in [3.05, 3.63) is 29.2 Å². The molecule has 2 aliphatic heterocycles. The molecule has 0 bridgehead atoms. The lowest BCUT2D eigenvalue weighted by atomic mass is 9.87. The van der Waals surface area contributed by atoms with Crippen molar-refractivity contribution in [1.29, 1.82) is 0 Å². The van der Waals surface area contributed by atoms with Crippen LogP contribution in [0.25, 0.3) is 0 Å². The molecular weight excluding hydrogens is 472 g/mol. The van der Waals surface area contributed by atoms with Crippen LogP contribution in [0.4, 0.5) is 0 Å². The van der Waals surface area contributed by atoms with Crippen LogP contribution in [0, 0.1) is 5.41 Å². The number of rotatable bonds is 8. The lowest BCUT2D eigenvalue weighted by molar-refractivity contribution is -0.160. The van der Waals surface area contributed by atoms with E-state index in [4.69, 9.17) is 9.57 Å². The number of oxime groups is 1. The molecule has 3 atom stereocenters. The molecule has 3 heterocycles. The molecule has 2 aliphatic rings. The minimum absolute atomic E-state index is 0.0132. The SMILES string of the molecule is C=CC1(C(=O)O)CS[C@@H]2C(NC(=O)C(=NOCC(=O)OC(C)(C)C)c3cscn3)C(=O)N2C1. The Bertz CT molecular complexity index is 989. The van der Waals surface area contributed by atoms with Crippen LogP contribution < -0.4 is 5.32 Å². The molecule has 1 aromatic heterocycles. The molecule has 0 radical (unpaired) electrons. The molecule has 2 N–H and O–H groups in total.